The largest absolute Gasteiger partial charge is 0.442 e. The molecule has 0 rings (SSSR count). The van der Waals surface area contributed by atoms with Gasteiger partial charge in [0.05, 0.1) is 0 Å². The molecule has 0 aliphatic rings. The second kappa shape index (κ2) is 3.28. The lowest BCUT2D eigenvalue weighted by Gasteiger charge is -2.16. The molecule has 0 radical (unpaired) electrons. The van der Waals surface area contributed by atoms with Crippen molar-refractivity contribution in [2.45, 2.75) is 17.3 Å². The van der Waals surface area contributed by atoms with Gasteiger partial charge in [-0.3, -0.25) is 4.74 Å². The summed E-state index contributed by atoms with van der Waals surface area (Å²) >= 11 is 8.32. The molecule has 0 aromatic rings. The van der Waals surface area contributed by atoms with Crippen LogP contribution in [0.1, 0.15) is 0 Å². The summed E-state index contributed by atoms with van der Waals surface area (Å²) < 4.78 is 59.8. The Hall–Kier alpha value is 0.190. The Kier molecular flexibility index (Phi) is 3.34. The van der Waals surface area contributed by atoms with E-state index in [9.17, 15) is 22.0 Å². The van der Waals surface area contributed by atoms with E-state index in [1.54, 1.807) is 0 Å². The van der Waals surface area contributed by atoms with Gasteiger partial charge in [0.1, 0.15) is 0 Å². The maximum Gasteiger partial charge on any atom is 0.442 e. The SMILES string of the molecule is FC(F)(Cl)O[C@@H](Cl)C(F)(F)F. The first kappa shape index (κ1) is 11.2. The molecule has 0 bridgehead atoms. The quantitative estimate of drug-likeness (QED) is 0.512. The van der Waals surface area contributed by atoms with Gasteiger partial charge in [0.15, 0.2) is 0 Å². The summed E-state index contributed by atoms with van der Waals surface area (Å²) in [5, 5.41) is 0. The minimum absolute atomic E-state index is 2.87. The predicted molar refractivity (Wildman–Crippen MR) is 27.6 cm³/mol. The highest BCUT2D eigenvalue weighted by molar-refractivity contribution is 6.22. The summed E-state index contributed by atoms with van der Waals surface area (Å²) in [7, 11) is 0. The van der Waals surface area contributed by atoms with Crippen LogP contribution in [0.2, 0.25) is 0 Å². The van der Waals surface area contributed by atoms with Gasteiger partial charge in [-0.25, -0.2) is 0 Å². The molecule has 8 heteroatoms. The first-order valence-corrected chi connectivity index (χ1v) is 2.90. The van der Waals surface area contributed by atoms with E-state index in [4.69, 9.17) is 0 Å². The van der Waals surface area contributed by atoms with Crippen molar-refractivity contribution in [3.05, 3.63) is 0 Å². The van der Waals surface area contributed by atoms with Crippen molar-refractivity contribution in [1.29, 1.82) is 0 Å². The van der Waals surface area contributed by atoms with Crippen molar-refractivity contribution < 1.29 is 26.7 Å². The molecule has 0 spiro atoms. The van der Waals surface area contributed by atoms with Gasteiger partial charge in [-0.15, -0.1) is 0 Å². The second-order valence-corrected chi connectivity index (χ2v) is 2.26. The summed E-state index contributed by atoms with van der Waals surface area (Å²) in [6.45, 7) is 0. The zero-order chi connectivity index (χ0) is 9.28. The molecule has 68 valence electrons. The lowest BCUT2D eigenvalue weighted by molar-refractivity contribution is -0.264. The summed E-state index contributed by atoms with van der Waals surface area (Å²) in [6.07, 6.45) is -5.06. The number of hydrogen-bond donors (Lipinski definition) is 0. The Morgan fingerprint density at radius 3 is 1.55 bits per heavy atom. The topological polar surface area (TPSA) is 9.23 Å². The highest BCUT2D eigenvalue weighted by Gasteiger charge is 2.45. The summed E-state index contributed by atoms with van der Waals surface area (Å²) in [5.74, 6) is 0. The number of hydrogen-bond acceptors (Lipinski definition) is 1. The molecule has 0 N–H and O–H groups in total. The molecule has 0 aromatic carbocycles. The number of halogens is 7. The molecule has 0 fully saturated rings. The monoisotopic (exact) mass is 218 g/mol. The number of ether oxygens (including phenoxy) is 1. The molecular formula is C3HCl2F5O. The highest BCUT2D eigenvalue weighted by atomic mass is 35.5. The zero-order valence-corrected chi connectivity index (χ0v) is 6.14. The van der Waals surface area contributed by atoms with Gasteiger partial charge in [0.2, 0.25) is 5.56 Å². The van der Waals surface area contributed by atoms with E-state index in [0.717, 1.165) is 0 Å². The first-order valence-electron chi connectivity index (χ1n) is 2.08. The van der Waals surface area contributed by atoms with Gasteiger partial charge < -0.3 is 0 Å². The lowest BCUT2D eigenvalue weighted by Crippen LogP contribution is -2.31. The molecule has 0 saturated carbocycles. The smallest absolute Gasteiger partial charge is 0.278 e. The Labute approximate surface area is 68.0 Å². The van der Waals surface area contributed by atoms with Gasteiger partial charge >= 0.3 is 11.7 Å². The Balaban J connectivity index is 3.99. The van der Waals surface area contributed by atoms with Crippen molar-refractivity contribution in [3.8, 4) is 0 Å². The molecule has 0 aromatic heterocycles. The van der Waals surface area contributed by atoms with E-state index >= 15 is 0 Å². The Bertz CT molecular complexity index is 129. The summed E-state index contributed by atoms with van der Waals surface area (Å²) in [4.78, 5) is 0. The molecule has 0 aliphatic carbocycles. The number of rotatable bonds is 2. The van der Waals surface area contributed by atoms with Gasteiger partial charge in [-0.2, -0.15) is 22.0 Å². The minimum atomic E-state index is -5.06. The van der Waals surface area contributed by atoms with Gasteiger partial charge in [-0.05, 0) is 11.6 Å². The van der Waals surface area contributed by atoms with E-state index in [1.165, 1.54) is 0 Å². The van der Waals surface area contributed by atoms with Crippen LogP contribution in [0, 0.1) is 0 Å². The van der Waals surface area contributed by atoms with Crippen molar-refractivity contribution >= 4 is 23.2 Å². The molecule has 1 nitrogen and oxygen atoms in total. The zero-order valence-electron chi connectivity index (χ0n) is 4.63. The fourth-order valence-corrected chi connectivity index (χ4v) is 0.431. The molecule has 0 heterocycles. The van der Waals surface area contributed by atoms with Crippen LogP contribution >= 0.6 is 23.2 Å². The van der Waals surface area contributed by atoms with Crippen LogP contribution in [0.5, 0.6) is 0 Å². The minimum Gasteiger partial charge on any atom is -0.278 e. The fourth-order valence-electron chi connectivity index (χ4n) is 0.184. The van der Waals surface area contributed by atoms with Gasteiger partial charge in [-0.1, -0.05) is 11.6 Å². The maximum atomic E-state index is 11.5. The molecule has 11 heavy (non-hydrogen) atoms. The van der Waals surface area contributed by atoms with E-state index < -0.39 is 17.3 Å². The average molecular weight is 219 g/mol. The summed E-state index contributed by atoms with van der Waals surface area (Å²) in [6, 6.07) is 0. The van der Waals surface area contributed by atoms with E-state index in [-0.39, 0.29) is 0 Å². The van der Waals surface area contributed by atoms with Crippen LogP contribution in [-0.2, 0) is 4.74 Å². The second-order valence-electron chi connectivity index (χ2n) is 1.42. The first-order chi connectivity index (χ1) is 4.63. The third-order valence-corrected chi connectivity index (χ3v) is 0.920. The molecule has 0 saturated heterocycles. The predicted octanol–water partition coefficient (Wildman–Crippen LogP) is 2.92. The van der Waals surface area contributed by atoms with Crippen molar-refractivity contribution in [2.24, 2.45) is 0 Å². The van der Waals surface area contributed by atoms with Crippen LogP contribution in [0.4, 0.5) is 22.0 Å². The van der Waals surface area contributed by atoms with Crippen molar-refractivity contribution in [1.82, 2.24) is 0 Å². The van der Waals surface area contributed by atoms with Crippen molar-refractivity contribution in [2.75, 3.05) is 0 Å². The third kappa shape index (κ3) is 5.46. The highest BCUT2D eigenvalue weighted by Crippen LogP contribution is 2.32. The average Bonchev–Trinajstić information content (AvgIpc) is 1.56. The Morgan fingerprint density at radius 2 is 1.45 bits per heavy atom. The Morgan fingerprint density at radius 1 is 1.09 bits per heavy atom. The van der Waals surface area contributed by atoms with Crippen LogP contribution < -0.4 is 0 Å². The third-order valence-electron chi connectivity index (χ3n) is 0.494. The van der Waals surface area contributed by atoms with Gasteiger partial charge in [0, 0.05) is 0 Å². The summed E-state index contributed by atoms with van der Waals surface area (Å²) in [5.41, 5.74) is -7.50. The van der Waals surface area contributed by atoms with E-state index in [0.29, 0.717) is 0 Å². The van der Waals surface area contributed by atoms with Gasteiger partial charge in [0.25, 0.3) is 0 Å². The van der Waals surface area contributed by atoms with Crippen LogP contribution in [0.3, 0.4) is 0 Å². The van der Waals surface area contributed by atoms with Crippen LogP contribution in [0.25, 0.3) is 0 Å². The van der Waals surface area contributed by atoms with Crippen LogP contribution in [-0.4, -0.2) is 17.3 Å². The van der Waals surface area contributed by atoms with Crippen LogP contribution in [0.15, 0.2) is 0 Å². The maximum absolute atomic E-state index is 11.5. The van der Waals surface area contributed by atoms with E-state index in [2.05, 4.69) is 27.9 Å². The van der Waals surface area contributed by atoms with E-state index in [1.807, 2.05) is 0 Å². The molecular weight excluding hydrogens is 218 g/mol. The molecule has 1 atom stereocenters. The lowest BCUT2D eigenvalue weighted by atomic mass is 10.7. The standard InChI is InChI=1S/C3HCl2F5O/c4-1(2(6,7)8)11-3(5,9)10/h1H/t1-/m1/s1. The normalized spacial score (nSPS) is 16.6. The fraction of sp³-hybridized carbons (Fsp3) is 1.00. The molecule has 0 unspecified atom stereocenters. The number of alkyl halides is 7. The molecule has 0 aliphatic heterocycles. The van der Waals surface area contributed by atoms with Crippen molar-refractivity contribution in [3.63, 3.8) is 0 Å². The molecule has 0 amide bonds.